The van der Waals surface area contributed by atoms with Crippen molar-refractivity contribution in [2.45, 2.75) is 51.1 Å². The second-order valence-corrected chi connectivity index (χ2v) is 11.8. The second-order valence-electron chi connectivity index (χ2n) is 9.16. The average Bonchev–Trinajstić information content (AvgIpc) is 2.97. The zero-order valence-electron chi connectivity index (χ0n) is 23.3. The number of para-hydroxylation sites is 2. The molecule has 41 heavy (non-hydrogen) atoms. The van der Waals surface area contributed by atoms with Gasteiger partial charge in [0.25, 0.3) is 10.0 Å². The summed E-state index contributed by atoms with van der Waals surface area (Å²) in [5.74, 6) is -0.654. The van der Waals surface area contributed by atoms with Gasteiger partial charge in [-0.15, -0.1) is 0 Å². The summed E-state index contributed by atoms with van der Waals surface area (Å²) in [5.41, 5.74) is 0.656. The first-order valence-corrected chi connectivity index (χ1v) is 15.6. The van der Waals surface area contributed by atoms with Gasteiger partial charge in [-0.1, -0.05) is 73.4 Å². The van der Waals surface area contributed by atoms with Gasteiger partial charge in [0.15, 0.2) is 0 Å². The maximum Gasteiger partial charge on any atom is 0.264 e. The van der Waals surface area contributed by atoms with Gasteiger partial charge in [0.05, 0.1) is 17.2 Å². The van der Waals surface area contributed by atoms with Crippen LogP contribution in [0.1, 0.15) is 39.2 Å². The summed E-state index contributed by atoms with van der Waals surface area (Å²) in [5, 5.41) is 3.51. The average molecular weight is 621 g/mol. The summed E-state index contributed by atoms with van der Waals surface area (Å²) in [6.45, 7) is 5.52. The van der Waals surface area contributed by atoms with Crippen LogP contribution >= 0.6 is 23.2 Å². The van der Waals surface area contributed by atoms with Gasteiger partial charge in [-0.05, 0) is 56.2 Å². The Labute approximate surface area is 252 Å². The first-order chi connectivity index (χ1) is 19.6. The monoisotopic (exact) mass is 619 g/mol. The first kappa shape index (κ1) is 32.2. The Morgan fingerprint density at radius 1 is 0.902 bits per heavy atom. The molecule has 11 heteroatoms. The standard InChI is InChI=1S/C30H35Cl2N3O5S/c1-4-19-33-30(37)26(5-2)34(20-23-24(31)15-12-16-25(23)32)29(36)21-35(27-17-10-11-18-28(27)40-6-3)41(38,39)22-13-8-7-9-14-22/h7-18,26H,4-6,19-21H2,1-3H3,(H,33,37). The molecule has 0 saturated heterocycles. The number of amides is 2. The molecular formula is C30H35Cl2N3O5S. The summed E-state index contributed by atoms with van der Waals surface area (Å²) in [6.07, 6.45) is 0.994. The highest BCUT2D eigenvalue weighted by molar-refractivity contribution is 7.92. The lowest BCUT2D eigenvalue weighted by molar-refractivity contribution is -0.140. The number of carbonyl (C=O) groups is 2. The van der Waals surface area contributed by atoms with Crippen LogP contribution < -0.4 is 14.4 Å². The predicted octanol–water partition coefficient (Wildman–Crippen LogP) is 5.92. The van der Waals surface area contributed by atoms with E-state index in [0.717, 1.165) is 4.31 Å². The smallest absolute Gasteiger partial charge is 0.264 e. The molecule has 0 bridgehead atoms. The zero-order chi connectivity index (χ0) is 30.0. The Morgan fingerprint density at radius 2 is 1.54 bits per heavy atom. The van der Waals surface area contributed by atoms with Gasteiger partial charge in [0.1, 0.15) is 18.3 Å². The van der Waals surface area contributed by atoms with E-state index in [1.165, 1.54) is 17.0 Å². The van der Waals surface area contributed by atoms with Crippen molar-refractivity contribution in [2.24, 2.45) is 0 Å². The van der Waals surface area contributed by atoms with E-state index < -0.39 is 28.5 Å². The Morgan fingerprint density at radius 3 is 2.15 bits per heavy atom. The van der Waals surface area contributed by atoms with Crippen LogP contribution in [0, 0.1) is 0 Å². The lowest BCUT2D eigenvalue weighted by Crippen LogP contribution is -2.52. The molecular weight excluding hydrogens is 585 g/mol. The van der Waals surface area contributed by atoms with Gasteiger partial charge in [0.2, 0.25) is 11.8 Å². The zero-order valence-corrected chi connectivity index (χ0v) is 25.7. The van der Waals surface area contributed by atoms with Crippen molar-refractivity contribution in [3.63, 3.8) is 0 Å². The Bertz CT molecular complexity index is 1420. The number of rotatable bonds is 14. The topological polar surface area (TPSA) is 96.0 Å². The molecule has 1 unspecified atom stereocenters. The van der Waals surface area contributed by atoms with E-state index in [9.17, 15) is 18.0 Å². The summed E-state index contributed by atoms with van der Waals surface area (Å²) in [6, 6.07) is 18.6. The van der Waals surface area contributed by atoms with E-state index in [1.54, 1.807) is 74.5 Å². The number of sulfonamides is 1. The van der Waals surface area contributed by atoms with Crippen molar-refractivity contribution < 1.29 is 22.7 Å². The minimum atomic E-state index is -4.23. The van der Waals surface area contributed by atoms with Crippen LogP contribution in [0.5, 0.6) is 5.75 Å². The van der Waals surface area contributed by atoms with Gasteiger partial charge in [-0.3, -0.25) is 13.9 Å². The van der Waals surface area contributed by atoms with E-state index in [1.807, 2.05) is 6.92 Å². The van der Waals surface area contributed by atoms with Crippen molar-refractivity contribution in [3.05, 3.63) is 88.4 Å². The molecule has 8 nitrogen and oxygen atoms in total. The van der Waals surface area contributed by atoms with Crippen molar-refractivity contribution >= 4 is 50.7 Å². The molecule has 0 aliphatic rings. The van der Waals surface area contributed by atoms with Crippen molar-refractivity contribution in [2.75, 3.05) is 24.0 Å². The Balaban J connectivity index is 2.13. The third kappa shape index (κ3) is 7.93. The van der Waals surface area contributed by atoms with Gasteiger partial charge >= 0.3 is 0 Å². The minimum Gasteiger partial charge on any atom is -0.492 e. The number of hydrogen-bond donors (Lipinski definition) is 1. The van der Waals surface area contributed by atoms with E-state index in [4.69, 9.17) is 27.9 Å². The highest BCUT2D eigenvalue weighted by atomic mass is 35.5. The van der Waals surface area contributed by atoms with Gasteiger partial charge in [0, 0.05) is 28.7 Å². The summed E-state index contributed by atoms with van der Waals surface area (Å²) in [7, 11) is -4.23. The molecule has 0 aliphatic heterocycles. The van der Waals surface area contributed by atoms with E-state index in [0.29, 0.717) is 34.3 Å². The second kappa shape index (κ2) is 15.1. The van der Waals surface area contributed by atoms with Crippen molar-refractivity contribution in [1.82, 2.24) is 10.2 Å². The van der Waals surface area contributed by atoms with E-state index >= 15 is 0 Å². The molecule has 2 amide bonds. The lowest BCUT2D eigenvalue weighted by atomic mass is 10.1. The molecule has 0 spiro atoms. The normalized spacial score (nSPS) is 11.9. The van der Waals surface area contributed by atoms with Crippen LogP contribution in [0.15, 0.2) is 77.7 Å². The number of carbonyl (C=O) groups excluding carboxylic acids is 2. The van der Waals surface area contributed by atoms with Crippen LogP contribution in [-0.4, -0.2) is 50.9 Å². The Kier molecular flexibility index (Phi) is 11.9. The summed E-state index contributed by atoms with van der Waals surface area (Å²) >= 11 is 12.9. The fraction of sp³-hybridized carbons (Fsp3) is 0.333. The molecule has 0 aromatic heterocycles. The largest absolute Gasteiger partial charge is 0.492 e. The number of anilines is 1. The van der Waals surface area contributed by atoms with Gasteiger partial charge in [-0.25, -0.2) is 8.42 Å². The lowest BCUT2D eigenvalue weighted by Gasteiger charge is -2.34. The van der Waals surface area contributed by atoms with Crippen molar-refractivity contribution in [1.29, 1.82) is 0 Å². The Hall–Kier alpha value is -3.27. The van der Waals surface area contributed by atoms with Crippen LogP contribution in [0.4, 0.5) is 5.69 Å². The molecule has 3 aromatic carbocycles. The van der Waals surface area contributed by atoms with Crippen LogP contribution in [0.2, 0.25) is 10.0 Å². The van der Waals surface area contributed by atoms with Crippen LogP contribution in [-0.2, 0) is 26.2 Å². The number of nitrogens with one attached hydrogen (secondary N) is 1. The van der Waals surface area contributed by atoms with Gasteiger partial charge < -0.3 is 15.0 Å². The molecule has 0 heterocycles. The van der Waals surface area contributed by atoms with Crippen LogP contribution in [0.3, 0.4) is 0 Å². The first-order valence-electron chi connectivity index (χ1n) is 13.4. The fourth-order valence-corrected chi connectivity index (χ4v) is 6.28. The van der Waals surface area contributed by atoms with E-state index in [2.05, 4.69) is 5.32 Å². The molecule has 0 aliphatic carbocycles. The maximum atomic E-state index is 14.2. The summed E-state index contributed by atoms with van der Waals surface area (Å²) in [4.78, 5) is 28.8. The maximum absolute atomic E-state index is 14.2. The molecule has 0 saturated carbocycles. The summed E-state index contributed by atoms with van der Waals surface area (Å²) < 4.78 is 34.8. The molecule has 3 aromatic rings. The number of ether oxygens (including phenoxy) is 1. The third-order valence-corrected chi connectivity index (χ3v) is 8.85. The van der Waals surface area contributed by atoms with E-state index in [-0.39, 0.29) is 36.1 Å². The highest BCUT2D eigenvalue weighted by Crippen LogP contribution is 2.33. The molecule has 1 N–H and O–H groups in total. The molecule has 1 atom stereocenters. The molecule has 0 radical (unpaired) electrons. The van der Waals surface area contributed by atoms with Gasteiger partial charge in [-0.2, -0.15) is 0 Å². The number of nitrogens with zero attached hydrogens (tertiary/aromatic N) is 2. The number of halogens is 2. The highest BCUT2D eigenvalue weighted by Gasteiger charge is 2.35. The molecule has 0 fully saturated rings. The number of benzene rings is 3. The quantitative estimate of drug-likeness (QED) is 0.242. The molecule has 220 valence electrons. The molecule has 3 rings (SSSR count). The predicted molar refractivity (Wildman–Crippen MR) is 163 cm³/mol. The number of hydrogen-bond acceptors (Lipinski definition) is 5. The minimum absolute atomic E-state index is 0.00697. The fourth-order valence-electron chi connectivity index (χ4n) is 4.31. The third-order valence-electron chi connectivity index (χ3n) is 6.37. The van der Waals surface area contributed by atoms with Crippen molar-refractivity contribution in [3.8, 4) is 5.75 Å². The SMILES string of the molecule is CCCNC(=O)C(CC)N(Cc1c(Cl)cccc1Cl)C(=O)CN(c1ccccc1OCC)S(=O)(=O)c1ccccc1. The van der Waals surface area contributed by atoms with Crippen LogP contribution in [0.25, 0.3) is 0 Å².